The van der Waals surface area contributed by atoms with Gasteiger partial charge in [-0.05, 0) is 37.6 Å². The maximum Gasteiger partial charge on any atom is 0.265 e. The average molecular weight is 274 g/mol. The number of hydrogen-bond acceptors (Lipinski definition) is 4. The molecule has 1 amide bonds. The molecule has 0 aliphatic carbocycles. The fourth-order valence-electron chi connectivity index (χ4n) is 2.13. The molecule has 0 radical (unpaired) electrons. The first-order valence-corrected chi connectivity index (χ1v) is 6.84. The summed E-state index contributed by atoms with van der Waals surface area (Å²) >= 11 is 1.56. The SMILES string of the molecule is Cc1cc(-c2ccc3c(c2)NC(=O)C(C)O3)c(N)s1. The molecule has 1 atom stereocenters. The molecule has 0 fully saturated rings. The van der Waals surface area contributed by atoms with Gasteiger partial charge in [0.15, 0.2) is 6.10 Å². The van der Waals surface area contributed by atoms with Gasteiger partial charge in [-0.2, -0.15) is 0 Å². The van der Waals surface area contributed by atoms with E-state index in [-0.39, 0.29) is 5.91 Å². The number of aryl methyl sites for hydroxylation is 1. The van der Waals surface area contributed by atoms with Crippen LogP contribution in [0.25, 0.3) is 11.1 Å². The molecule has 1 unspecified atom stereocenters. The van der Waals surface area contributed by atoms with E-state index in [9.17, 15) is 4.79 Å². The molecule has 2 aromatic rings. The highest BCUT2D eigenvalue weighted by atomic mass is 32.1. The quantitative estimate of drug-likeness (QED) is 0.840. The van der Waals surface area contributed by atoms with Crippen molar-refractivity contribution in [1.82, 2.24) is 0 Å². The molecule has 1 aliphatic heterocycles. The number of carbonyl (C=O) groups is 1. The summed E-state index contributed by atoms with van der Waals surface area (Å²) in [6.45, 7) is 3.75. The van der Waals surface area contributed by atoms with Crippen molar-refractivity contribution in [3.8, 4) is 16.9 Å². The number of nitrogens with two attached hydrogens (primary N) is 1. The van der Waals surface area contributed by atoms with Gasteiger partial charge in [0.25, 0.3) is 5.91 Å². The van der Waals surface area contributed by atoms with Gasteiger partial charge in [-0.25, -0.2) is 0 Å². The summed E-state index contributed by atoms with van der Waals surface area (Å²) in [5, 5.41) is 3.63. The van der Waals surface area contributed by atoms with E-state index >= 15 is 0 Å². The number of anilines is 2. The van der Waals surface area contributed by atoms with Crippen LogP contribution in [-0.2, 0) is 4.79 Å². The van der Waals surface area contributed by atoms with Gasteiger partial charge in [0.2, 0.25) is 0 Å². The summed E-state index contributed by atoms with van der Waals surface area (Å²) in [7, 11) is 0. The summed E-state index contributed by atoms with van der Waals surface area (Å²) in [5.74, 6) is 0.570. The smallest absolute Gasteiger partial charge is 0.265 e. The fraction of sp³-hybridized carbons (Fsp3) is 0.214. The first kappa shape index (κ1) is 12.0. The minimum atomic E-state index is -0.452. The van der Waals surface area contributed by atoms with E-state index in [0.29, 0.717) is 11.4 Å². The van der Waals surface area contributed by atoms with E-state index < -0.39 is 6.10 Å². The lowest BCUT2D eigenvalue weighted by Gasteiger charge is -2.23. The summed E-state index contributed by atoms with van der Waals surface area (Å²) in [5.41, 5.74) is 8.68. The van der Waals surface area contributed by atoms with Crippen molar-refractivity contribution in [3.63, 3.8) is 0 Å². The summed E-state index contributed by atoms with van der Waals surface area (Å²) < 4.78 is 5.53. The minimum absolute atomic E-state index is 0.126. The molecule has 4 nitrogen and oxygen atoms in total. The highest BCUT2D eigenvalue weighted by Gasteiger charge is 2.23. The van der Waals surface area contributed by atoms with Crippen LogP contribution in [0.15, 0.2) is 24.3 Å². The zero-order chi connectivity index (χ0) is 13.6. The maximum atomic E-state index is 11.6. The van der Waals surface area contributed by atoms with Gasteiger partial charge in [-0.15, -0.1) is 11.3 Å². The van der Waals surface area contributed by atoms with Crippen molar-refractivity contribution in [1.29, 1.82) is 0 Å². The van der Waals surface area contributed by atoms with Gasteiger partial charge in [0, 0.05) is 10.4 Å². The lowest BCUT2D eigenvalue weighted by molar-refractivity contribution is -0.122. The number of nitrogen functional groups attached to an aromatic ring is 1. The van der Waals surface area contributed by atoms with Gasteiger partial charge < -0.3 is 15.8 Å². The molecule has 0 spiro atoms. The molecule has 1 aromatic carbocycles. The lowest BCUT2D eigenvalue weighted by Crippen LogP contribution is -2.34. The molecule has 5 heteroatoms. The van der Waals surface area contributed by atoms with Gasteiger partial charge in [0.05, 0.1) is 10.7 Å². The fourth-order valence-corrected chi connectivity index (χ4v) is 2.94. The third-order valence-electron chi connectivity index (χ3n) is 3.11. The van der Waals surface area contributed by atoms with E-state index in [1.54, 1.807) is 18.3 Å². The van der Waals surface area contributed by atoms with Crippen molar-refractivity contribution >= 4 is 27.9 Å². The molecule has 0 bridgehead atoms. The number of fused-ring (bicyclic) bond motifs is 1. The summed E-state index contributed by atoms with van der Waals surface area (Å²) in [6.07, 6.45) is -0.452. The number of ether oxygens (including phenoxy) is 1. The number of amides is 1. The van der Waals surface area contributed by atoms with E-state index in [2.05, 4.69) is 11.4 Å². The zero-order valence-electron chi connectivity index (χ0n) is 10.7. The Bertz CT molecular complexity index is 663. The Labute approximate surface area is 115 Å². The number of benzene rings is 1. The predicted octanol–water partition coefficient (Wildman–Crippen LogP) is 3.03. The van der Waals surface area contributed by atoms with Crippen LogP contribution in [-0.4, -0.2) is 12.0 Å². The third-order valence-corrected chi connectivity index (χ3v) is 3.99. The molecular formula is C14H14N2O2S. The van der Waals surface area contributed by atoms with E-state index in [1.165, 1.54) is 4.88 Å². The van der Waals surface area contributed by atoms with Crippen LogP contribution in [0, 0.1) is 6.92 Å². The van der Waals surface area contributed by atoms with Gasteiger partial charge in [-0.3, -0.25) is 4.79 Å². The van der Waals surface area contributed by atoms with Crippen LogP contribution in [0.3, 0.4) is 0 Å². The number of hydrogen-bond donors (Lipinski definition) is 2. The Balaban J connectivity index is 2.05. The Kier molecular flexibility index (Phi) is 2.71. The standard InChI is InChI=1S/C14H14N2O2S/c1-7-5-10(13(15)19-7)9-3-4-12-11(6-9)16-14(17)8(2)18-12/h3-6,8H,15H2,1-2H3,(H,16,17). The third kappa shape index (κ3) is 2.06. The zero-order valence-corrected chi connectivity index (χ0v) is 11.5. The molecule has 3 rings (SSSR count). The van der Waals surface area contributed by atoms with Crippen LogP contribution < -0.4 is 15.8 Å². The van der Waals surface area contributed by atoms with E-state index in [0.717, 1.165) is 16.1 Å². The Morgan fingerprint density at radius 2 is 2.16 bits per heavy atom. The van der Waals surface area contributed by atoms with Crippen LogP contribution >= 0.6 is 11.3 Å². The number of rotatable bonds is 1. The highest BCUT2D eigenvalue weighted by molar-refractivity contribution is 7.16. The molecule has 1 aliphatic rings. The normalized spacial score (nSPS) is 17.6. The predicted molar refractivity (Wildman–Crippen MR) is 77.6 cm³/mol. The largest absolute Gasteiger partial charge is 0.479 e. The van der Waals surface area contributed by atoms with Crippen LogP contribution in [0.2, 0.25) is 0 Å². The molecule has 0 saturated heterocycles. The van der Waals surface area contributed by atoms with Crippen molar-refractivity contribution in [2.45, 2.75) is 20.0 Å². The first-order chi connectivity index (χ1) is 9.04. The molecule has 98 valence electrons. The summed E-state index contributed by atoms with van der Waals surface area (Å²) in [4.78, 5) is 12.8. The minimum Gasteiger partial charge on any atom is -0.479 e. The average Bonchev–Trinajstić information content (AvgIpc) is 2.69. The second kappa shape index (κ2) is 4.28. The molecule has 1 aromatic heterocycles. The van der Waals surface area contributed by atoms with Gasteiger partial charge in [0.1, 0.15) is 5.75 Å². The molecule has 0 saturated carbocycles. The monoisotopic (exact) mass is 274 g/mol. The van der Waals surface area contributed by atoms with Crippen molar-refractivity contribution in [2.24, 2.45) is 0 Å². The Morgan fingerprint density at radius 3 is 2.84 bits per heavy atom. The van der Waals surface area contributed by atoms with Crippen LogP contribution in [0.4, 0.5) is 10.7 Å². The Morgan fingerprint density at radius 1 is 1.37 bits per heavy atom. The van der Waals surface area contributed by atoms with Crippen molar-refractivity contribution in [2.75, 3.05) is 11.1 Å². The topological polar surface area (TPSA) is 64.3 Å². The van der Waals surface area contributed by atoms with Crippen LogP contribution in [0.5, 0.6) is 5.75 Å². The Hall–Kier alpha value is -2.01. The van der Waals surface area contributed by atoms with Crippen molar-refractivity contribution in [3.05, 3.63) is 29.1 Å². The second-order valence-corrected chi connectivity index (χ2v) is 5.88. The molecule has 19 heavy (non-hydrogen) atoms. The van der Waals surface area contributed by atoms with Gasteiger partial charge >= 0.3 is 0 Å². The van der Waals surface area contributed by atoms with Gasteiger partial charge in [-0.1, -0.05) is 6.07 Å². The highest BCUT2D eigenvalue weighted by Crippen LogP contribution is 2.38. The van der Waals surface area contributed by atoms with E-state index in [4.69, 9.17) is 10.5 Å². The molecule has 3 N–H and O–H groups in total. The number of nitrogens with one attached hydrogen (secondary N) is 1. The summed E-state index contributed by atoms with van der Waals surface area (Å²) in [6, 6.07) is 7.78. The second-order valence-electron chi connectivity index (χ2n) is 4.60. The lowest BCUT2D eigenvalue weighted by atomic mass is 10.1. The molecular weight excluding hydrogens is 260 g/mol. The first-order valence-electron chi connectivity index (χ1n) is 6.02. The van der Waals surface area contributed by atoms with E-state index in [1.807, 2.05) is 25.1 Å². The molecule has 2 heterocycles. The number of carbonyl (C=O) groups excluding carboxylic acids is 1. The van der Waals surface area contributed by atoms with Crippen molar-refractivity contribution < 1.29 is 9.53 Å². The maximum absolute atomic E-state index is 11.6. The van der Waals surface area contributed by atoms with Crippen LogP contribution in [0.1, 0.15) is 11.8 Å². The number of thiophene rings is 1.